The molecule has 2 amide bonds. The Kier molecular flexibility index (Phi) is 6.01. The fourth-order valence-electron chi connectivity index (χ4n) is 2.58. The van der Waals surface area contributed by atoms with Crippen molar-refractivity contribution in [3.05, 3.63) is 55.0 Å². The number of carbonyl (C=O) groups excluding carboxylic acids is 2. The van der Waals surface area contributed by atoms with Gasteiger partial charge in [0.25, 0.3) is 5.91 Å². The largest absolute Gasteiger partial charge is 0.456 e. The predicted octanol–water partition coefficient (Wildman–Crippen LogP) is 5.65. The Balaban J connectivity index is 1.87. The van der Waals surface area contributed by atoms with Crippen LogP contribution >= 0.6 is 50.1 Å². The summed E-state index contributed by atoms with van der Waals surface area (Å²) >= 11 is 11.4. The summed E-state index contributed by atoms with van der Waals surface area (Å²) in [6, 6.07) is 10.5. The standard InChI is InChI=1S/C18H14BrClINO3/c19-14-9-11(20)4-7-16(14)25-12-5-6-15(21)13(10-12)18(24)22-8-2-1-3-17(22)23/h4-7,9-10H,1-3,8H2. The number of ether oxygens (including phenoxy) is 1. The van der Waals surface area contributed by atoms with E-state index in [9.17, 15) is 9.59 Å². The molecule has 0 saturated carbocycles. The zero-order chi connectivity index (χ0) is 18.0. The second kappa shape index (κ2) is 8.05. The molecule has 1 heterocycles. The van der Waals surface area contributed by atoms with Gasteiger partial charge in [-0.3, -0.25) is 14.5 Å². The quantitative estimate of drug-likeness (QED) is 0.378. The number of piperidine rings is 1. The third-order valence-corrected chi connectivity index (χ3v) is 5.65. The minimum atomic E-state index is -0.269. The van der Waals surface area contributed by atoms with Crippen molar-refractivity contribution in [2.45, 2.75) is 19.3 Å². The van der Waals surface area contributed by atoms with Crippen molar-refractivity contribution >= 4 is 61.9 Å². The van der Waals surface area contributed by atoms with Crippen molar-refractivity contribution < 1.29 is 14.3 Å². The number of carbonyl (C=O) groups is 2. The number of imide groups is 1. The van der Waals surface area contributed by atoms with Gasteiger partial charge >= 0.3 is 0 Å². The highest BCUT2D eigenvalue weighted by molar-refractivity contribution is 14.1. The summed E-state index contributed by atoms with van der Waals surface area (Å²) in [6.45, 7) is 0.474. The highest BCUT2D eigenvalue weighted by Gasteiger charge is 2.27. The third kappa shape index (κ3) is 4.35. The summed E-state index contributed by atoms with van der Waals surface area (Å²) in [5, 5.41) is 0.598. The van der Waals surface area contributed by atoms with Crippen LogP contribution in [-0.2, 0) is 4.79 Å². The van der Waals surface area contributed by atoms with E-state index in [1.54, 1.807) is 36.4 Å². The molecule has 0 spiro atoms. The van der Waals surface area contributed by atoms with Crippen molar-refractivity contribution in [3.8, 4) is 11.5 Å². The molecule has 7 heteroatoms. The maximum Gasteiger partial charge on any atom is 0.261 e. The summed E-state index contributed by atoms with van der Waals surface area (Å²) in [7, 11) is 0. The second-order valence-corrected chi connectivity index (χ2v) is 8.08. The topological polar surface area (TPSA) is 46.6 Å². The molecule has 130 valence electrons. The van der Waals surface area contributed by atoms with Crippen LogP contribution in [0.15, 0.2) is 40.9 Å². The van der Waals surface area contributed by atoms with Gasteiger partial charge in [-0.05, 0) is 87.8 Å². The van der Waals surface area contributed by atoms with E-state index in [0.717, 1.165) is 20.9 Å². The van der Waals surface area contributed by atoms with E-state index in [-0.39, 0.29) is 11.8 Å². The van der Waals surface area contributed by atoms with E-state index in [1.165, 1.54) is 4.90 Å². The fourth-order valence-corrected chi connectivity index (χ4v) is 3.91. The van der Waals surface area contributed by atoms with E-state index in [0.29, 0.717) is 35.1 Å². The predicted molar refractivity (Wildman–Crippen MR) is 108 cm³/mol. The van der Waals surface area contributed by atoms with Gasteiger partial charge in [-0.1, -0.05) is 11.6 Å². The Morgan fingerprint density at radius 2 is 2.00 bits per heavy atom. The molecule has 1 saturated heterocycles. The van der Waals surface area contributed by atoms with Crippen LogP contribution in [0.5, 0.6) is 11.5 Å². The van der Waals surface area contributed by atoms with Crippen molar-refractivity contribution in [1.29, 1.82) is 0 Å². The van der Waals surface area contributed by atoms with Crippen LogP contribution in [0.2, 0.25) is 5.02 Å². The van der Waals surface area contributed by atoms with E-state index >= 15 is 0 Å². The van der Waals surface area contributed by atoms with Crippen molar-refractivity contribution in [1.82, 2.24) is 4.90 Å². The normalized spacial score (nSPS) is 14.5. The summed E-state index contributed by atoms with van der Waals surface area (Å²) in [5.41, 5.74) is 0.471. The molecular formula is C18H14BrClINO3. The van der Waals surface area contributed by atoms with E-state index in [4.69, 9.17) is 16.3 Å². The summed E-state index contributed by atoms with van der Waals surface area (Å²) in [5.74, 6) is 0.739. The molecule has 2 aromatic rings. The molecule has 0 unspecified atom stereocenters. The van der Waals surface area contributed by atoms with Crippen LogP contribution in [0.4, 0.5) is 0 Å². The van der Waals surface area contributed by atoms with Gasteiger partial charge in [-0.2, -0.15) is 0 Å². The van der Waals surface area contributed by atoms with Gasteiger partial charge in [0.15, 0.2) is 0 Å². The Morgan fingerprint density at radius 1 is 1.20 bits per heavy atom. The fraction of sp³-hybridized carbons (Fsp3) is 0.222. The molecule has 4 nitrogen and oxygen atoms in total. The Hall–Kier alpha value is -1.12. The van der Waals surface area contributed by atoms with Gasteiger partial charge in [-0.25, -0.2) is 0 Å². The van der Waals surface area contributed by atoms with E-state index in [1.807, 2.05) is 0 Å². The van der Waals surface area contributed by atoms with Crippen LogP contribution in [0, 0.1) is 3.57 Å². The molecular weight excluding hydrogens is 520 g/mol. The summed E-state index contributed by atoms with van der Waals surface area (Å²) in [6.07, 6.45) is 2.12. The number of benzene rings is 2. The maximum atomic E-state index is 12.8. The first-order chi connectivity index (χ1) is 12.0. The molecule has 2 aromatic carbocycles. The van der Waals surface area contributed by atoms with Crippen LogP contribution < -0.4 is 4.74 Å². The van der Waals surface area contributed by atoms with Crippen LogP contribution in [-0.4, -0.2) is 23.3 Å². The van der Waals surface area contributed by atoms with Gasteiger partial charge in [0.1, 0.15) is 11.5 Å². The average Bonchev–Trinajstić information content (AvgIpc) is 2.59. The lowest BCUT2D eigenvalue weighted by Gasteiger charge is -2.25. The number of hydrogen-bond donors (Lipinski definition) is 0. The lowest BCUT2D eigenvalue weighted by Crippen LogP contribution is -2.40. The number of nitrogens with zero attached hydrogens (tertiary/aromatic N) is 1. The SMILES string of the molecule is O=C1CCCCN1C(=O)c1cc(Oc2ccc(Cl)cc2Br)ccc1I. The first kappa shape index (κ1) is 18.7. The Morgan fingerprint density at radius 3 is 2.72 bits per heavy atom. The molecule has 0 bridgehead atoms. The second-order valence-electron chi connectivity index (χ2n) is 5.63. The van der Waals surface area contributed by atoms with Gasteiger partial charge < -0.3 is 4.74 Å². The lowest BCUT2D eigenvalue weighted by molar-refractivity contribution is -0.130. The number of hydrogen-bond acceptors (Lipinski definition) is 3. The van der Waals surface area contributed by atoms with Crippen molar-refractivity contribution in [2.75, 3.05) is 6.54 Å². The zero-order valence-corrected chi connectivity index (χ0v) is 17.6. The third-order valence-electron chi connectivity index (χ3n) is 3.86. The average molecular weight is 535 g/mol. The highest BCUT2D eigenvalue weighted by Crippen LogP contribution is 2.33. The smallest absolute Gasteiger partial charge is 0.261 e. The van der Waals surface area contributed by atoms with E-state index < -0.39 is 0 Å². The highest BCUT2D eigenvalue weighted by atomic mass is 127. The van der Waals surface area contributed by atoms with Gasteiger partial charge in [0, 0.05) is 21.6 Å². The monoisotopic (exact) mass is 533 g/mol. The maximum absolute atomic E-state index is 12.8. The number of rotatable bonds is 3. The molecule has 1 aliphatic rings. The Bertz CT molecular complexity index is 843. The first-order valence-electron chi connectivity index (χ1n) is 7.73. The minimum absolute atomic E-state index is 0.112. The molecule has 1 fully saturated rings. The number of likely N-dealkylation sites (tertiary alicyclic amines) is 1. The molecule has 1 aliphatic heterocycles. The molecule has 0 radical (unpaired) electrons. The first-order valence-corrected chi connectivity index (χ1v) is 9.98. The van der Waals surface area contributed by atoms with Gasteiger partial charge in [-0.15, -0.1) is 0 Å². The minimum Gasteiger partial charge on any atom is -0.456 e. The molecule has 0 atom stereocenters. The number of amides is 2. The van der Waals surface area contributed by atoms with Crippen LogP contribution in [0.3, 0.4) is 0 Å². The summed E-state index contributed by atoms with van der Waals surface area (Å²) < 4.78 is 7.36. The summed E-state index contributed by atoms with van der Waals surface area (Å²) in [4.78, 5) is 26.1. The number of halogens is 3. The zero-order valence-electron chi connectivity index (χ0n) is 13.1. The molecule has 3 rings (SSSR count). The van der Waals surface area contributed by atoms with Gasteiger partial charge in [0.2, 0.25) is 5.91 Å². The van der Waals surface area contributed by atoms with Crippen molar-refractivity contribution in [3.63, 3.8) is 0 Å². The molecule has 25 heavy (non-hydrogen) atoms. The van der Waals surface area contributed by atoms with Gasteiger partial charge in [0.05, 0.1) is 10.0 Å². The molecule has 0 N–H and O–H groups in total. The van der Waals surface area contributed by atoms with Crippen LogP contribution in [0.1, 0.15) is 29.6 Å². The Labute approximate surface area is 172 Å². The molecule has 0 aliphatic carbocycles. The van der Waals surface area contributed by atoms with E-state index in [2.05, 4.69) is 38.5 Å². The lowest BCUT2D eigenvalue weighted by atomic mass is 10.1. The van der Waals surface area contributed by atoms with Crippen molar-refractivity contribution in [2.24, 2.45) is 0 Å². The van der Waals surface area contributed by atoms with Crippen LogP contribution in [0.25, 0.3) is 0 Å². The molecule has 0 aromatic heterocycles.